The van der Waals surface area contributed by atoms with Gasteiger partial charge in [0.2, 0.25) is 0 Å². The van der Waals surface area contributed by atoms with Crippen LogP contribution in [0.25, 0.3) is 0 Å². The SMILES string of the molecule is CC.CCOC(C)=O.CN/N=C(\N)CO[C@@H](c1cccc(C)c1)c1cccc(OC)c1OC. The number of nitrogens with zero attached hydrogens (tertiary/aromatic N) is 1. The number of nitrogens with one attached hydrogen (secondary N) is 1. The molecule has 0 heterocycles. The summed E-state index contributed by atoms with van der Waals surface area (Å²) in [5.41, 5.74) is 11.5. The van der Waals surface area contributed by atoms with E-state index in [9.17, 15) is 4.79 Å². The molecule has 0 saturated carbocycles. The molecule has 1 atom stereocenters. The second-order valence-electron chi connectivity index (χ2n) is 6.44. The van der Waals surface area contributed by atoms with E-state index in [1.807, 2.05) is 57.2 Å². The Kier molecular flexibility index (Phi) is 15.6. The van der Waals surface area contributed by atoms with Gasteiger partial charge in [-0.25, -0.2) is 0 Å². The number of hydrogen-bond donors (Lipinski definition) is 2. The van der Waals surface area contributed by atoms with Crippen LogP contribution in [0.2, 0.25) is 0 Å². The Hall–Kier alpha value is -3.26. The molecule has 8 nitrogen and oxygen atoms in total. The van der Waals surface area contributed by atoms with Crippen LogP contribution in [0.3, 0.4) is 0 Å². The molecule has 184 valence electrons. The van der Waals surface area contributed by atoms with E-state index in [2.05, 4.69) is 21.3 Å². The summed E-state index contributed by atoms with van der Waals surface area (Å²) >= 11 is 0. The highest BCUT2D eigenvalue weighted by molar-refractivity contribution is 5.81. The van der Waals surface area contributed by atoms with E-state index in [1.54, 1.807) is 28.2 Å². The summed E-state index contributed by atoms with van der Waals surface area (Å²) in [5, 5.41) is 3.94. The minimum absolute atomic E-state index is 0.180. The predicted octanol–water partition coefficient (Wildman–Crippen LogP) is 4.21. The van der Waals surface area contributed by atoms with Crippen molar-refractivity contribution >= 4 is 11.8 Å². The van der Waals surface area contributed by atoms with Crippen LogP contribution in [0, 0.1) is 6.92 Å². The molecule has 2 aromatic rings. The van der Waals surface area contributed by atoms with E-state index in [4.69, 9.17) is 19.9 Å². The number of hydrazone groups is 1. The van der Waals surface area contributed by atoms with Crippen LogP contribution in [0.4, 0.5) is 0 Å². The Labute approximate surface area is 198 Å². The van der Waals surface area contributed by atoms with Crippen molar-refractivity contribution < 1.29 is 23.7 Å². The zero-order valence-electron chi connectivity index (χ0n) is 21.1. The topological polar surface area (TPSA) is 104 Å². The molecule has 8 heteroatoms. The molecule has 0 aliphatic carbocycles. The molecule has 0 saturated heterocycles. The number of rotatable bonds is 9. The van der Waals surface area contributed by atoms with Gasteiger partial charge in [0, 0.05) is 19.5 Å². The second-order valence-corrected chi connectivity index (χ2v) is 6.44. The van der Waals surface area contributed by atoms with Crippen LogP contribution < -0.4 is 20.6 Å². The summed E-state index contributed by atoms with van der Waals surface area (Å²) in [6.07, 6.45) is -0.365. The molecular weight excluding hydrogens is 422 g/mol. The van der Waals surface area contributed by atoms with Crippen molar-refractivity contribution in [3.05, 3.63) is 59.2 Å². The Morgan fingerprint density at radius 1 is 1.12 bits per heavy atom. The first kappa shape index (κ1) is 29.7. The first-order chi connectivity index (χ1) is 15.9. The molecule has 3 N–H and O–H groups in total. The number of esters is 1. The van der Waals surface area contributed by atoms with Crippen molar-refractivity contribution in [2.45, 2.75) is 40.7 Å². The highest BCUT2D eigenvalue weighted by Crippen LogP contribution is 2.39. The molecule has 0 aliphatic rings. The number of hydrogen-bond acceptors (Lipinski definition) is 7. The highest BCUT2D eigenvalue weighted by Gasteiger charge is 2.22. The lowest BCUT2D eigenvalue weighted by molar-refractivity contribution is -0.140. The number of methoxy groups -OCH3 is 2. The van der Waals surface area contributed by atoms with E-state index in [-0.39, 0.29) is 18.7 Å². The van der Waals surface area contributed by atoms with Crippen molar-refractivity contribution in [2.24, 2.45) is 10.8 Å². The smallest absolute Gasteiger partial charge is 0.302 e. The standard InChI is InChI=1S/C19H25N3O3.C4H8O2.C2H6/c1-13-7-5-8-14(11-13)18(25-12-17(20)22-21-2)15-9-6-10-16(23-3)19(15)24-4;1-3-6-4(2)5;1-2/h5-11,18,21H,12H2,1-4H3,(H2,20,22);3H2,1-2H3;1-2H3/t18-;;/m0../s1. The van der Waals surface area contributed by atoms with Crippen molar-refractivity contribution in [3.8, 4) is 11.5 Å². The monoisotopic (exact) mass is 461 g/mol. The molecule has 33 heavy (non-hydrogen) atoms. The summed E-state index contributed by atoms with van der Waals surface area (Å²) in [6.45, 7) is 9.88. The van der Waals surface area contributed by atoms with Gasteiger partial charge in [-0.05, 0) is 25.5 Å². The number of aryl methyl sites for hydroxylation is 1. The van der Waals surface area contributed by atoms with Crippen molar-refractivity contribution in [1.82, 2.24) is 5.43 Å². The zero-order valence-corrected chi connectivity index (χ0v) is 21.1. The van der Waals surface area contributed by atoms with E-state index in [0.29, 0.717) is 23.9 Å². The minimum atomic E-state index is -0.365. The van der Waals surface area contributed by atoms with Crippen LogP contribution in [-0.2, 0) is 14.3 Å². The molecule has 0 aromatic heterocycles. The molecule has 0 amide bonds. The summed E-state index contributed by atoms with van der Waals surface area (Å²) in [4.78, 5) is 9.82. The maximum atomic E-state index is 9.82. The third kappa shape index (κ3) is 10.7. The Bertz CT molecular complexity index is 856. The fraction of sp³-hybridized carbons (Fsp3) is 0.440. The maximum absolute atomic E-state index is 9.82. The number of carbonyl (C=O) groups is 1. The summed E-state index contributed by atoms with van der Waals surface area (Å²) in [7, 11) is 4.92. The normalized spacial score (nSPS) is 11.1. The molecule has 2 aromatic carbocycles. The predicted molar refractivity (Wildman–Crippen MR) is 133 cm³/mol. The highest BCUT2D eigenvalue weighted by atomic mass is 16.5. The molecule has 0 unspecified atom stereocenters. The number of ether oxygens (including phenoxy) is 4. The largest absolute Gasteiger partial charge is 0.493 e. The quantitative estimate of drug-likeness (QED) is 0.249. The Balaban J connectivity index is 0.00000111. The van der Waals surface area contributed by atoms with Gasteiger partial charge in [-0.1, -0.05) is 55.8 Å². The molecule has 0 fully saturated rings. The maximum Gasteiger partial charge on any atom is 0.302 e. The van der Waals surface area contributed by atoms with Crippen LogP contribution in [-0.4, -0.2) is 46.3 Å². The summed E-state index contributed by atoms with van der Waals surface area (Å²) in [6, 6.07) is 13.9. The van der Waals surface area contributed by atoms with Crippen LogP contribution >= 0.6 is 0 Å². The summed E-state index contributed by atoms with van der Waals surface area (Å²) in [5.74, 6) is 1.44. The lowest BCUT2D eigenvalue weighted by Gasteiger charge is -2.22. The third-order valence-electron chi connectivity index (χ3n) is 4.06. The van der Waals surface area contributed by atoms with Crippen LogP contribution in [0.1, 0.15) is 50.5 Å². The molecule has 2 rings (SSSR count). The van der Waals surface area contributed by atoms with Crippen LogP contribution in [0.5, 0.6) is 11.5 Å². The lowest BCUT2D eigenvalue weighted by Crippen LogP contribution is -2.24. The molecule has 0 radical (unpaired) electrons. The van der Waals surface area contributed by atoms with Gasteiger partial charge in [0.25, 0.3) is 0 Å². The second kappa shape index (κ2) is 17.3. The van der Waals surface area contributed by atoms with Crippen molar-refractivity contribution in [2.75, 3.05) is 34.5 Å². The van der Waals surface area contributed by atoms with Gasteiger partial charge in [0.05, 0.1) is 20.8 Å². The van der Waals surface area contributed by atoms with E-state index >= 15 is 0 Å². The van der Waals surface area contributed by atoms with Gasteiger partial charge in [-0.2, -0.15) is 5.10 Å². The third-order valence-corrected chi connectivity index (χ3v) is 4.06. The number of carbonyl (C=O) groups excluding carboxylic acids is 1. The van der Waals surface area contributed by atoms with Gasteiger partial charge >= 0.3 is 5.97 Å². The number of nitrogens with two attached hydrogens (primary N) is 1. The van der Waals surface area contributed by atoms with Gasteiger partial charge < -0.3 is 30.1 Å². The van der Waals surface area contributed by atoms with Gasteiger partial charge in [-0.15, -0.1) is 0 Å². The average Bonchev–Trinajstić information content (AvgIpc) is 2.81. The van der Waals surface area contributed by atoms with E-state index in [0.717, 1.165) is 16.7 Å². The fourth-order valence-corrected chi connectivity index (χ4v) is 2.87. The Morgan fingerprint density at radius 2 is 1.79 bits per heavy atom. The number of para-hydroxylation sites is 1. The number of benzene rings is 2. The first-order valence-electron chi connectivity index (χ1n) is 10.9. The molecule has 0 bridgehead atoms. The minimum Gasteiger partial charge on any atom is -0.493 e. The van der Waals surface area contributed by atoms with Crippen molar-refractivity contribution in [3.63, 3.8) is 0 Å². The van der Waals surface area contributed by atoms with Gasteiger partial charge in [-0.3, -0.25) is 4.79 Å². The first-order valence-corrected chi connectivity index (χ1v) is 10.9. The zero-order chi connectivity index (χ0) is 25.2. The van der Waals surface area contributed by atoms with Crippen molar-refractivity contribution in [1.29, 1.82) is 0 Å². The van der Waals surface area contributed by atoms with Gasteiger partial charge in [0.15, 0.2) is 11.5 Å². The molecule has 0 spiro atoms. The van der Waals surface area contributed by atoms with Gasteiger partial charge in [0.1, 0.15) is 18.5 Å². The lowest BCUT2D eigenvalue weighted by atomic mass is 9.98. The van der Waals surface area contributed by atoms with E-state index in [1.165, 1.54) is 6.92 Å². The Morgan fingerprint density at radius 3 is 2.27 bits per heavy atom. The van der Waals surface area contributed by atoms with Crippen LogP contribution in [0.15, 0.2) is 47.6 Å². The molecular formula is C25H39N3O5. The molecule has 0 aliphatic heterocycles. The van der Waals surface area contributed by atoms with E-state index < -0.39 is 0 Å². The fourth-order valence-electron chi connectivity index (χ4n) is 2.87. The average molecular weight is 462 g/mol. The summed E-state index contributed by atoms with van der Waals surface area (Å²) < 4.78 is 21.5. The number of amidine groups is 1.